The quantitative estimate of drug-likeness (QED) is 0.732. The van der Waals surface area contributed by atoms with Gasteiger partial charge in [0.1, 0.15) is 0 Å². The van der Waals surface area contributed by atoms with Crippen LogP contribution in [0.15, 0.2) is 0 Å². The van der Waals surface area contributed by atoms with E-state index in [0.717, 1.165) is 19.7 Å². The summed E-state index contributed by atoms with van der Waals surface area (Å²) in [4.78, 5) is 0. The lowest BCUT2D eigenvalue weighted by molar-refractivity contribution is -0.0142. The van der Waals surface area contributed by atoms with Crippen molar-refractivity contribution in [3.8, 4) is 0 Å². The SMILES string of the molecule is CCNCC(C)(C)COC1CCCCC1. The third-order valence-corrected chi connectivity index (χ3v) is 3.12. The summed E-state index contributed by atoms with van der Waals surface area (Å²) >= 11 is 0. The zero-order valence-electron chi connectivity index (χ0n) is 10.6. The Hall–Kier alpha value is -0.0800. The van der Waals surface area contributed by atoms with Crippen LogP contribution in [0.1, 0.15) is 52.9 Å². The van der Waals surface area contributed by atoms with Gasteiger partial charge < -0.3 is 10.1 Å². The molecule has 1 aliphatic carbocycles. The van der Waals surface area contributed by atoms with E-state index in [4.69, 9.17) is 4.74 Å². The van der Waals surface area contributed by atoms with Crippen molar-refractivity contribution in [2.24, 2.45) is 5.41 Å². The molecule has 2 heteroatoms. The molecular weight excluding hydrogens is 186 g/mol. The molecule has 0 heterocycles. The van der Waals surface area contributed by atoms with Crippen LogP contribution in [0.25, 0.3) is 0 Å². The topological polar surface area (TPSA) is 21.3 Å². The predicted molar refractivity (Wildman–Crippen MR) is 65.1 cm³/mol. The number of nitrogens with one attached hydrogen (secondary N) is 1. The van der Waals surface area contributed by atoms with Gasteiger partial charge in [-0.05, 0) is 19.4 Å². The van der Waals surface area contributed by atoms with Crippen molar-refractivity contribution in [3.63, 3.8) is 0 Å². The molecular formula is C13H27NO. The highest BCUT2D eigenvalue weighted by Crippen LogP contribution is 2.23. The maximum absolute atomic E-state index is 6.00. The third kappa shape index (κ3) is 5.53. The minimum atomic E-state index is 0.271. The van der Waals surface area contributed by atoms with Crippen LogP contribution in [0.2, 0.25) is 0 Å². The van der Waals surface area contributed by atoms with Gasteiger partial charge in [-0.25, -0.2) is 0 Å². The molecule has 1 fully saturated rings. The van der Waals surface area contributed by atoms with E-state index in [1.54, 1.807) is 0 Å². The van der Waals surface area contributed by atoms with E-state index in [2.05, 4.69) is 26.1 Å². The fraction of sp³-hybridized carbons (Fsp3) is 1.00. The molecule has 0 aliphatic heterocycles. The Morgan fingerprint density at radius 1 is 1.20 bits per heavy atom. The van der Waals surface area contributed by atoms with Gasteiger partial charge in [0, 0.05) is 12.0 Å². The van der Waals surface area contributed by atoms with Crippen molar-refractivity contribution in [1.29, 1.82) is 0 Å². The molecule has 0 spiro atoms. The normalized spacial score (nSPS) is 19.4. The van der Waals surface area contributed by atoms with Crippen LogP contribution in [0.5, 0.6) is 0 Å². The first-order chi connectivity index (χ1) is 7.14. The van der Waals surface area contributed by atoms with E-state index in [9.17, 15) is 0 Å². The molecule has 15 heavy (non-hydrogen) atoms. The monoisotopic (exact) mass is 213 g/mol. The number of ether oxygens (including phenoxy) is 1. The highest BCUT2D eigenvalue weighted by atomic mass is 16.5. The number of hydrogen-bond donors (Lipinski definition) is 1. The van der Waals surface area contributed by atoms with E-state index in [1.165, 1.54) is 32.1 Å². The molecule has 1 N–H and O–H groups in total. The fourth-order valence-corrected chi connectivity index (χ4v) is 2.09. The number of rotatable bonds is 6. The summed E-state index contributed by atoms with van der Waals surface area (Å²) in [7, 11) is 0. The highest BCUT2D eigenvalue weighted by molar-refractivity contribution is 4.73. The summed E-state index contributed by atoms with van der Waals surface area (Å²) in [5.41, 5.74) is 0.271. The van der Waals surface area contributed by atoms with Crippen LogP contribution in [0, 0.1) is 5.41 Å². The van der Waals surface area contributed by atoms with Crippen molar-refractivity contribution in [1.82, 2.24) is 5.32 Å². The first-order valence-electron chi connectivity index (χ1n) is 6.46. The zero-order valence-corrected chi connectivity index (χ0v) is 10.6. The van der Waals surface area contributed by atoms with Gasteiger partial charge in [-0.1, -0.05) is 40.0 Å². The predicted octanol–water partition coefficient (Wildman–Crippen LogP) is 2.97. The zero-order chi connectivity index (χ0) is 11.1. The molecule has 2 nitrogen and oxygen atoms in total. The highest BCUT2D eigenvalue weighted by Gasteiger charge is 2.21. The second-order valence-electron chi connectivity index (χ2n) is 5.52. The minimum absolute atomic E-state index is 0.271. The van der Waals surface area contributed by atoms with Crippen molar-refractivity contribution >= 4 is 0 Å². The molecule has 1 aliphatic rings. The molecule has 1 rings (SSSR count). The van der Waals surface area contributed by atoms with Crippen LogP contribution in [0.3, 0.4) is 0 Å². The minimum Gasteiger partial charge on any atom is -0.378 e. The molecule has 0 amide bonds. The Kier molecular flexibility index (Phi) is 5.62. The molecule has 0 aromatic carbocycles. The van der Waals surface area contributed by atoms with Gasteiger partial charge in [-0.15, -0.1) is 0 Å². The van der Waals surface area contributed by atoms with E-state index < -0.39 is 0 Å². The maximum Gasteiger partial charge on any atom is 0.0575 e. The Bertz CT molecular complexity index is 162. The smallest absolute Gasteiger partial charge is 0.0575 e. The molecule has 0 aromatic heterocycles. The Morgan fingerprint density at radius 3 is 2.47 bits per heavy atom. The van der Waals surface area contributed by atoms with Gasteiger partial charge in [-0.3, -0.25) is 0 Å². The summed E-state index contributed by atoms with van der Waals surface area (Å²) in [6.45, 7) is 9.70. The maximum atomic E-state index is 6.00. The van der Waals surface area contributed by atoms with Crippen molar-refractivity contribution < 1.29 is 4.74 Å². The lowest BCUT2D eigenvalue weighted by Gasteiger charge is -2.29. The summed E-state index contributed by atoms with van der Waals surface area (Å²) in [6.07, 6.45) is 7.21. The second-order valence-corrected chi connectivity index (χ2v) is 5.52. The first kappa shape index (κ1) is 13.0. The van der Waals surface area contributed by atoms with Crippen LogP contribution < -0.4 is 5.32 Å². The fourth-order valence-electron chi connectivity index (χ4n) is 2.09. The second kappa shape index (κ2) is 6.49. The molecule has 0 bridgehead atoms. The molecule has 0 radical (unpaired) electrons. The summed E-state index contributed by atoms with van der Waals surface area (Å²) in [5, 5.41) is 3.40. The van der Waals surface area contributed by atoms with Crippen LogP contribution in [-0.4, -0.2) is 25.8 Å². The van der Waals surface area contributed by atoms with Crippen molar-refractivity contribution in [2.45, 2.75) is 59.0 Å². The molecule has 0 unspecified atom stereocenters. The molecule has 1 saturated carbocycles. The Morgan fingerprint density at radius 2 is 1.87 bits per heavy atom. The van der Waals surface area contributed by atoms with Crippen LogP contribution >= 0.6 is 0 Å². The van der Waals surface area contributed by atoms with Gasteiger partial charge >= 0.3 is 0 Å². The first-order valence-corrected chi connectivity index (χ1v) is 6.46. The van der Waals surface area contributed by atoms with Gasteiger partial charge in [0.2, 0.25) is 0 Å². The lowest BCUT2D eigenvalue weighted by atomic mass is 9.93. The molecule has 0 aromatic rings. The van der Waals surface area contributed by atoms with Gasteiger partial charge in [0.25, 0.3) is 0 Å². The van der Waals surface area contributed by atoms with E-state index in [-0.39, 0.29) is 5.41 Å². The Labute approximate surface area is 94.8 Å². The van der Waals surface area contributed by atoms with Crippen molar-refractivity contribution in [3.05, 3.63) is 0 Å². The van der Waals surface area contributed by atoms with Gasteiger partial charge in [0.05, 0.1) is 12.7 Å². The average Bonchev–Trinajstić information content (AvgIpc) is 2.25. The summed E-state index contributed by atoms with van der Waals surface area (Å²) in [6, 6.07) is 0. The van der Waals surface area contributed by atoms with Gasteiger partial charge in [0.15, 0.2) is 0 Å². The molecule has 90 valence electrons. The average molecular weight is 213 g/mol. The molecule has 0 saturated heterocycles. The van der Waals surface area contributed by atoms with E-state index in [1.807, 2.05) is 0 Å². The summed E-state index contributed by atoms with van der Waals surface area (Å²) < 4.78 is 6.00. The molecule has 0 atom stereocenters. The lowest BCUT2D eigenvalue weighted by Crippen LogP contribution is -2.35. The van der Waals surface area contributed by atoms with Crippen LogP contribution in [0.4, 0.5) is 0 Å². The Balaban J connectivity index is 2.15. The van der Waals surface area contributed by atoms with Crippen LogP contribution in [-0.2, 0) is 4.74 Å². The third-order valence-electron chi connectivity index (χ3n) is 3.12. The van der Waals surface area contributed by atoms with E-state index >= 15 is 0 Å². The van der Waals surface area contributed by atoms with Gasteiger partial charge in [-0.2, -0.15) is 0 Å². The van der Waals surface area contributed by atoms with E-state index in [0.29, 0.717) is 6.10 Å². The summed E-state index contributed by atoms with van der Waals surface area (Å²) in [5.74, 6) is 0. The largest absolute Gasteiger partial charge is 0.378 e. The van der Waals surface area contributed by atoms with Crippen molar-refractivity contribution in [2.75, 3.05) is 19.7 Å². The number of hydrogen-bond acceptors (Lipinski definition) is 2. The standard InChI is InChI=1S/C13H27NO/c1-4-14-10-13(2,3)11-15-12-8-6-5-7-9-12/h12,14H,4-11H2,1-3H3.